The van der Waals surface area contributed by atoms with Crippen LogP contribution in [0.1, 0.15) is 63.9 Å². The van der Waals surface area contributed by atoms with Crippen LogP contribution >= 0.6 is 23.1 Å². The highest BCUT2D eigenvalue weighted by atomic mass is 32.2. The molecule has 2 aromatic carbocycles. The van der Waals surface area contributed by atoms with E-state index in [1.54, 1.807) is 0 Å². The first-order valence-electron chi connectivity index (χ1n) is 13.7. The molecule has 2 aromatic heterocycles. The van der Waals surface area contributed by atoms with Crippen molar-refractivity contribution in [3.63, 3.8) is 0 Å². The Balaban J connectivity index is 1.29. The van der Waals surface area contributed by atoms with Gasteiger partial charge in [0, 0.05) is 22.6 Å². The van der Waals surface area contributed by atoms with Gasteiger partial charge in [-0.05, 0) is 53.9 Å². The van der Waals surface area contributed by atoms with Gasteiger partial charge in [0.2, 0.25) is 5.91 Å². The lowest BCUT2D eigenvalue weighted by Gasteiger charge is -2.22. The highest BCUT2D eigenvalue weighted by Crippen LogP contribution is 2.42. The van der Waals surface area contributed by atoms with Crippen LogP contribution in [-0.4, -0.2) is 16.6 Å². The number of nitrogens with zero attached hydrogens (tertiary/aromatic N) is 4. The van der Waals surface area contributed by atoms with Crippen molar-refractivity contribution >= 4 is 39.8 Å². The zero-order valence-electron chi connectivity index (χ0n) is 23.1. The molecule has 1 aliphatic carbocycles. The molecular formula is C33H28N6OS2. The predicted molar refractivity (Wildman–Crippen MR) is 167 cm³/mol. The number of pyridine rings is 1. The fourth-order valence-electron chi connectivity index (χ4n) is 5.33. The van der Waals surface area contributed by atoms with E-state index in [0.717, 1.165) is 41.7 Å². The Hall–Kier alpha value is -4.62. The van der Waals surface area contributed by atoms with Gasteiger partial charge in [-0.2, -0.15) is 15.8 Å². The van der Waals surface area contributed by atoms with Gasteiger partial charge in [0.05, 0.1) is 11.1 Å². The molecule has 0 bridgehead atoms. The lowest BCUT2D eigenvalue weighted by Crippen LogP contribution is -2.13. The summed E-state index contributed by atoms with van der Waals surface area (Å²) in [6, 6.07) is 24.7. The van der Waals surface area contributed by atoms with Crippen molar-refractivity contribution in [3.05, 3.63) is 92.9 Å². The summed E-state index contributed by atoms with van der Waals surface area (Å²) in [5.41, 5.74) is 11.8. The van der Waals surface area contributed by atoms with Crippen molar-refractivity contribution in [2.24, 2.45) is 0 Å². The Morgan fingerprint density at radius 3 is 2.43 bits per heavy atom. The summed E-state index contributed by atoms with van der Waals surface area (Å²) >= 11 is 2.74. The molecule has 3 N–H and O–H groups in total. The Labute approximate surface area is 253 Å². The summed E-state index contributed by atoms with van der Waals surface area (Å²) < 4.78 is 0. The molecular weight excluding hydrogens is 561 g/mol. The minimum Gasteiger partial charge on any atom is -0.383 e. The Morgan fingerprint density at radius 1 is 1.05 bits per heavy atom. The van der Waals surface area contributed by atoms with Crippen molar-refractivity contribution in [1.29, 1.82) is 15.8 Å². The minimum atomic E-state index is -0.215. The number of aromatic nitrogens is 1. The van der Waals surface area contributed by atoms with E-state index in [1.807, 2.05) is 30.3 Å². The molecule has 0 saturated carbocycles. The molecule has 1 unspecified atom stereocenters. The smallest absolute Gasteiger partial charge is 0.225 e. The van der Waals surface area contributed by atoms with Gasteiger partial charge in [-0.15, -0.1) is 23.1 Å². The number of nitrogens with one attached hydrogen (secondary N) is 1. The van der Waals surface area contributed by atoms with E-state index in [0.29, 0.717) is 38.4 Å². The quantitative estimate of drug-likeness (QED) is 0.212. The number of aryl methyl sites for hydroxylation is 1. The van der Waals surface area contributed by atoms with E-state index in [9.17, 15) is 20.6 Å². The van der Waals surface area contributed by atoms with Crippen LogP contribution in [0, 0.1) is 34.0 Å². The second-order valence-corrected chi connectivity index (χ2v) is 12.2. The van der Waals surface area contributed by atoms with Crippen LogP contribution in [0.25, 0.3) is 11.1 Å². The van der Waals surface area contributed by atoms with Gasteiger partial charge in [0.25, 0.3) is 0 Å². The fraction of sp³-hybridized carbons (Fsp3) is 0.242. The second kappa shape index (κ2) is 12.9. The van der Waals surface area contributed by atoms with Crippen molar-refractivity contribution in [2.45, 2.75) is 50.0 Å². The number of anilines is 2. The van der Waals surface area contributed by atoms with Crippen LogP contribution in [0.15, 0.2) is 59.6 Å². The van der Waals surface area contributed by atoms with Crippen LogP contribution in [-0.2, 0) is 24.1 Å². The number of thiophene rings is 1. The second-order valence-electron chi connectivity index (χ2n) is 10.0. The molecule has 42 heavy (non-hydrogen) atoms. The van der Waals surface area contributed by atoms with Crippen molar-refractivity contribution in [1.82, 2.24) is 4.98 Å². The molecule has 0 fully saturated rings. The van der Waals surface area contributed by atoms with E-state index in [2.05, 4.69) is 59.7 Å². The van der Waals surface area contributed by atoms with Crippen LogP contribution in [0.3, 0.4) is 0 Å². The van der Waals surface area contributed by atoms with Crippen LogP contribution < -0.4 is 11.1 Å². The Morgan fingerprint density at radius 2 is 1.76 bits per heavy atom. The monoisotopic (exact) mass is 588 g/mol. The minimum absolute atomic E-state index is 0.0506. The largest absolute Gasteiger partial charge is 0.383 e. The molecule has 2 heterocycles. The van der Waals surface area contributed by atoms with Gasteiger partial charge in [0.1, 0.15) is 39.6 Å². The van der Waals surface area contributed by atoms with E-state index in [1.165, 1.54) is 28.7 Å². The number of thioether (sulfide) groups is 1. The molecule has 7 nitrogen and oxygen atoms in total. The summed E-state index contributed by atoms with van der Waals surface area (Å²) in [5, 5.41) is 33.6. The first-order valence-corrected chi connectivity index (χ1v) is 15.5. The number of fused-ring (bicyclic) bond motifs is 1. The summed E-state index contributed by atoms with van der Waals surface area (Å²) in [6.45, 7) is 2.06. The fourth-order valence-corrected chi connectivity index (χ4v) is 7.56. The molecule has 9 heteroatoms. The number of nitrogens with two attached hydrogens (primary N) is 1. The molecule has 1 atom stereocenters. The number of benzene rings is 2. The Bertz CT molecular complexity index is 1760. The number of carbonyl (C=O) groups excluding carboxylic acids is 1. The zero-order valence-corrected chi connectivity index (χ0v) is 24.7. The standard InChI is InChI=1S/C33H28N6OS2/c1-2-20-8-10-22(11-9-20)30-26(18-35)31(37)39-32(27(30)19-36)41-15-14-29(40)38-33-25(17-34)24-13-12-23(16-28(24)42-33)21-6-4-3-5-7-21/h3-11,23H,2,12-16H2,1H3,(H2,37,39)(H,38,40). The van der Waals surface area contributed by atoms with Crippen LogP contribution in [0.4, 0.5) is 10.8 Å². The van der Waals surface area contributed by atoms with E-state index < -0.39 is 0 Å². The molecule has 208 valence electrons. The topological polar surface area (TPSA) is 139 Å². The van der Waals surface area contributed by atoms with Gasteiger partial charge in [-0.25, -0.2) is 4.98 Å². The number of nitriles is 3. The third kappa shape index (κ3) is 5.87. The third-order valence-corrected chi connectivity index (χ3v) is 9.68. The molecule has 4 aromatic rings. The average molecular weight is 589 g/mol. The maximum atomic E-state index is 13.0. The van der Waals surface area contributed by atoms with Gasteiger partial charge in [-0.1, -0.05) is 61.5 Å². The van der Waals surface area contributed by atoms with Crippen LogP contribution in [0.5, 0.6) is 0 Å². The van der Waals surface area contributed by atoms with Crippen molar-refractivity contribution in [3.8, 4) is 29.3 Å². The number of hydrogen-bond acceptors (Lipinski definition) is 8. The Kier molecular flexibility index (Phi) is 8.88. The zero-order chi connectivity index (χ0) is 29.6. The number of hydrogen-bond donors (Lipinski definition) is 2. The van der Waals surface area contributed by atoms with E-state index >= 15 is 0 Å². The van der Waals surface area contributed by atoms with Gasteiger partial charge < -0.3 is 11.1 Å². The normalized spacial score (nSPS) is 13.8. The van der Waals surface area contributed by atoms with E-state index in [-0.39, 0.29) is 29.3 Å². The maximum absolute atomic E-state index is 13.0. The number of amides is 1. The highest BCUT2D eigenvalue weighted by molar-refractivity contribution is 7.99. The van der Waals surface area contributed by atoms with Gasteiger partial charge >= 0.3 is 0 Å². The SMILES string of the molecule is CCc1ccc(-c2c(C#N)c(N)nc(SCCC(=O)Nc3sc4c(c3C#N)CCC(c3ccccc3)C4)c2C#N)cc1. The molecule has 1 amide bonds. The predicted octanol–water partition coefficient (Wildman–Crippen LogP) is 6.96. The molecule has 0 saturated heterocycles. The van der Waals surface area contributed by atoms with Gasteiger partial charge in [-0.3, -0.25) is 4.79 Å². The lowest BCUT2D eigenvalue weighted by atomic mass is 9.83. The number of carbonyl (C=O) groups is 1. The molecule has 0 aliphatic heterocycles. The molecule has 1 aliphatic rings. The van der Waals surface area contributed by atoms with E-state index in [4.69, 9.17) is 5.73 Å². The molecule has 5 rings (SSSR count). The van der Waals surface area contributed by atoms with Crippen LogP contribution in [0.2, 0.25) is 0 Å². The first-order chi connectivity index (χ1) is 20.5. The van der Waals surface area contributed by atoms with Crippen molar-refractivity contribution < 1.29 is 4.79 Å². The maximum Gasteiger partial charge on any atom is 0.225 e. The number of nitrogen functional groups attached to an aromatic ring is 1. The summed E-state index contributed by atoms with van der Waals surface area (Å²) in [6.07, 6.45) is 3.66. The third-order valence-electron chi connectivity index (χ3n) is 7.54. The summed E-state index contributed by atoms with van der Waals surface area (Å²) in [5.74, 6) is 0.582. The summed E-state index contributed by atoms with van der Waals surface area (Å²) in [7, 11) is 0. The molecule has 0 radical (unpaired) electrons. The van der Waals surface area contributed by atoms with Crippen molar-refractivity contribution in [2.75, 3.05) is 16.8 Å². The number of rotatable bonds is 8. The van der Waals surface area contributed by atoms with Gasteiger partial charge in [0.15, 0.2) is 0 Å². The summed E-state index contributed by atoms with van der Waals surface area (Å²) in [4.78, 5) is 18.5. The molecule has 0 spiro atoms. The average Bonchev–Trinajstić information content (AvgIpc) is 3.37. The lowest BCUT2D eigenvalue weighted by molar-refractivity contribution is -0.115. The first kappa shape index (κ1) is 28.9. The highest BCUT2D eigenvalue weighted by Gasteiger charge is 2.27.